The number of ether oxygens (including phenoxy) is 1. The molecule has 1 fully saturated rings. The molecular weight excluding hydrogens is 206 g/mol. The van der Waals surface area contributed by atoms with Gasteiger partial charge in [-0.15, -0.1) is 0 Å². The van der Waals surface area contributed by atoms with E-state index in [1.165, 1.54) is 0 Å². The summed E-state index contributed by atoms with van der Waals surface area (Å²) in [6, 6.07) is 1.94. The van der Waals surface area contributed by atoms with Gasteiger partial charge in [0, 0.05) is 25.8 Å². The monoisotopic (exact) mass is 223 g/mol. The van der Waals surface area contributed by atoms with Gasteiger partial charge in [0.15, 0.2) is 5.78 Å². The summed E-state index contributed by atoms with van der Waals surface area (Å²) in [6.07, 6.45) is 0.0907. The van der Waals surface area contributed by atoms with Crippen LogP contribution < -0.4 is 5.32 Å². The van der Waals surface area contributed by atoms with Crippen molar-refractivity contribution in [3.63, 3.8) is 0 Å². The fourth-order valence-corrected chi connectivity index (χ4v) is 1.89. The molecule has 2 rings (SSSR count). The van der Waals surface area contributed by atoms with Crippen molar-refractivity contribution in [2.75, 3.05) is 19.7 Å². The van der Waals surface area contributed by atoms with Gasteiger partial charge in [0.05, 0.1) is 18.7 Å². The van der Waals surface area contributed by atoms with Gasteiger partial charge in [0.1, 0.15) is 6.10 Å². The Hall–Kier alpha value is -1.20. The zero-order valence-corrected chi connectivity index (χ0v) is 9.69. The van der Waals surface area contributed by atoms with E-state index in [-0.39, 0.29) is 11.9 Å². The highest BCUT2D eigenvalue weighted by atomic mass is 16.5. The molecule has 1 aliphatic rings. The Kier molecular flexibility index (Phi) is 3.36. The lowest BCUT2D eigenvalue weighted by molar-refractivity contribution is -0.131. The van der Waals surface area contributed by atoms with Gasteiger partial charge in [0.2, 0.25) is 0 Å². The summed E-state index contributed by atoms with van der Waals surface area (Å²) < 4.78 is 7.17. The first-order valence-electron chi connectivity index (χ1n) is 5.51. The van der Waals surface area contributed by atoms with E-state index in [2.05, 4.69) is 10.4 Å². The molecule has 0 spiro atoms. The van der Waals surface area contributed by atoms with E-state index in [0.717, 1.165) is 17.9 Å². The van der Waals surface area contributed by atoms with E-state index in [1.807, 2.05) is 20.0 Å². The molecule has 1 atom stereocenters. The predicted octanol–water partition coefficient (Wildman–Crippen LogP) is -0.171. The number of nitrogens with zero attached hydrogens (tertiary/aromatic N) is 2. The maximum absolute atomic E-state index is 11.9. The smallest absolute Gasteiger partial charge is 0.168 e. The average molecular weight is 223 g/mol. The van der Waals surface area contributed by atoms with E-state index in [0.29, 0.717) is 19.6 Å². The van der Waals surface area contributed by atoms with Gasteiger partial charge in [-0.05, 0) is 13.0 Å². The second-order valence-electron chi connectivity index (χ2n) is 4.11. The molecule has 0 radical (unpaired) electrons. The Morgan fingerprint density at radius 3 is 3.12 bits per heavy atom. The summed E-state index contributed by atoms with van der Waals surface area (Å²) in [5, 5.41) is 7.37. The van der Waals surface area contributed by atoms with Crippen LogP contribution >= 0.6 is 0 Å². The summed E-state index contributed by atoms with van der Waals surface area (Å²) in [6.45, 7) is 3.98. The number of hydrogen-bond donors (Lipinski definition) is 1. The fourth-order valence-electron chi connectivity index (χ4n) is 1.89. The summed E-state index contributed by atoms with van der Waals surface area (Å²) in [5.41, 5.74) is 1.88. The van der Waals surface area contributed by atoms with Crippen molar-refractivity contribution in [2.45, 2.75) is 19.4 Å². The van der Waals surface area contributed by atoms with Crippen LogP contribution in [0.3, 0.4) is 0 Å². The third kappa shape index (κ3) is 2.48. The lowest BCUT2D eigenvalue weighted by Crippen LogP contribution is -2.43. The SMILES string of the molecule is Cc1cc(CC(=O)C2CNCCO2)n(C)n1. The van der Waals surface area contributed by atoms with E-state index in [1.54, 1.807) is 4.68 Å². The van der Waals surface area contributed by atoms with Crippen LogP contribution in [0.5, 0.6) is 0 Å². The number of carbonyl (C=O) groups excluding carboxylic acids is 1. The molecule has 0 bridgehead atoms. The molecule has 2 heterocycles. The van der Waals surface area contributed by atoms with Gasteiger partial charge in [0.25, 0.3) is 0 Å². The van der Waals surface area contributed by atoms with Gasteiger partial charge in [-0.25, -0.2) is 0 Å². The number of carbonyl (C=O) groups is 1. The lowest BCUT2D eigenvalue weighted by Gasteiger charge is -2.22. The topological polar surface area (TPSA) is 56.1 Å². The van der Waals surface area contributed by atoms with Gasteiger partial charge < -0.3 is 10.1 Å². The molecular formula is C11H17N3O2. The highest BCUT2D eigenvalue weighted by molar-refractivity contribution is 5.85. The molecule has 1 N–H and O–H groups in total. The Bertz CT molecular complexity index is 381. The summed E-state index contributed by atoms with van der Waals surface area (Å²) in [4.78, 5) is 11.9. The highest BCUT2D eigenvalue weighted by Crippen LogP contribution is 2.07. The summed E-state index contributed by atoms with van der Waals surface area (Å²) in [5.74, 6) is 0.121. The molecule has 88 valence electrons. The first-order chi connectivity index (χ1) is 7.66. The number of rotatable bonds is 3. The Labute approximate surface area is 94.8 Å². The molecule has 16 heavy (non-hydrogen) atoms. The quantitative estimate of drug-likeness (QED) is 0.773. The van der Waals surface area contributed by atoms with Crippen molar-refractivity contribution < 1.29 is 9.53 Å². The van der Waals surface area contributed by atoms with Crippen LogP contribution in [0.25, 0.3) is 0 Å². The fraction of sp³-hybridized carbons (Fsp3) is 0.636. The zero-order valence-electron chi connectivity index (χ0n) is 9.69. The number of aromatic nitrogens is 2. The van der Waals surface area contributed by atoms with Crippen molar-refractivity contribution in [1.82, 2.24) is 15.1 Å². The number of aryl methyl sites for hydroxylation is 2. The van der Waals surface area contributed by atoms with E-state index in [9.17, 15) is 4.79 Å². The van der Waals surface area contributed by atoms with Crippen molar-refractivity contribution in [2.24, 2.45) is 7.05 Å². The molecule has 1 aromatic heterocycles. The highest BCUT2D eigenvalue weighted by Gasteiger charge is 2.22. The zero-order chi connectivity index (χ0) is 11.5. The molecule has 5 nitrogen and oxygen atoms in total. The molecule has 0 aliphatic carbocycles. The number of ketones is 1. The summed E-state index contributed by atoms with van der Waals surface area (Å²) >= 11 is 0. The van der Waals surface area contributed by atoms with Gasteiger partial charge in [-0.1, -0.05) is 0 Å². The minimum atomic E-state index is -0.302. The maximum Gasteiger partial charge on any atom is 0.168 e. The predicted molar refractivity (Wildman–Crippen MR) is 59.3 cm³/mol. The second kappa shape index (κ2) is 4.76. The first-order valence-corrected chi connectivity index (χ1v) is 5.51. The minimum absolute atomic E-state index is 0.121. The van der Waals surface area contributed by atoms with Crippen LogP contribution in [0, 0.1) is 6.92 Å². The normalized spacial score (nSPS) is 21.0. The van der Waals surface area contributed by atoms with E-state index in [4.69, 9.17) is 4.74 Å². The molecule has 0 saturated carbocycles. The molecule has 0 aromatic carbocycles. The Morgan fingerprint density at radius 1 is 1.75 bits per heavy atom. The number of nitrogens with one attached hydrogen (secondary N) is 1. The maximum atomic E-state index is 11.9. The lowest BCUT2D eigenvalue weighted by atomic mass is 10.1. The molecule has 1 aliphatic heterocycles. The third-order valence-electron chi connectivity index (χ3n) is 2.74. The molecule has 1 unspecified atom stereocenters. The number of Topliss-reactive ketones (excluding diaryl/α,β-unsaturated/α-hetero) is 1. The molecule has 5 heteroatoms. The van der Waals surface area contributed by atoms with Crippen LogP contribution in [0.4, 0.5) is 0 Å². The van der Waals surface area contributed by atoms with Crippen LogP contribution in [0.15, 0.2) is 6.07 Å². The Balaban J connectivity index is 1.98. The van der Waals surface area contributed by atoms with E-state index >= 15 is 0 Å². The van der Waals surface area contributed by atoms with Crippen LogP contribution in [-0.2, 0) is 23.0 Å². The standard InChI is InChI=1S/C11H17N3O2/c1-8-5-9(14(2)13-8)6-10(15)11-7-12-3-4-16-11/h5,11-12H,3-4,6-7H2,1-2H3. The van der Waals surface area contributed by atoms with Gasteiger partial charge >= 0.3 is 0 Å². The first kappa shape index (κ1) is 11.3. The van der Waals surface area contributed by atoms with Crippen LogP contribution in [0.2, 0.25) is 0 Å². The number of morpholine rings is 1. The van der Waals surface area contributed by atoms with Gasteiger partial charge in [-0.2, -0.15) is 5.10 Å². The summed E-state index contributed by atoms with van der Waals surface area (Å²) in [7, 11) is 1.86. The molecule has 1 aromatic rings. The van der Waals surface area contributed by atoms with Gasteiger partial charge in [-0.3, -0.25) is 9.48 Å². The largest absolute Gasteiger partial charge is 0.368 e. The average Bonchev–Trinajstić information content (AvgIpc) is 2.59. The molecule has 1 saturated heterocycles. The van der Waals surface area contributed by atoms with Crippen molar-refractivity contribution in [3.8, 4) is 0 Å². The minimum Gasteiger partial charge on any atom is -0.368 e. The Morgan fingerprint density at radius 2 is 2.56 bits per heavy atom. The van der Waals surface area contributed by atoms with Crippen molar-refractivity contribution in [1.29, 1.82) is 0 Å². The second-order valence-corrected chi connectivity index (χ2v) is 4.11. The van der Waals surface area contributed by atoms with Crippen molar-refractivity contribution in [3.05, 3.63) is 17.5 Å². The van der Waals surface area contributed by atoms with Crippen LogP contribution in [0.1, 0.15) is 11.4 Å². The van der Waals surface area contributed by atoms with E-state index < -0.39 is 0 Å². The molecule has 0 amide bonds. The van der Waals surface area contributed by atoms with Crippen molar-refractivity contribution >= 4 is 5.78 Å². The number of hydrogen-bond acceptors (Lipinski definition) is 4. The third-order valence-corrected chi connectivity index (χ3v) is 2.74. The van der Waals surface area contributed by atoms with Crippen LogP contribution in [-0.4, -0.2) is 41.4 Å².